The maximum Gasteiger partial charge on any atom is 0.338 e. The van der Waals surface area contributed by atoms with Gasteiger partial charge >= 0.3 is 5.97 Å². The number of benzene rings is 2. The Morgan fingerprint density at radius 1 is 1.21 bits per heavy atom. The molecule has 2 aromatic heterocycles. The number of nitrogens with zero attached hydrogens (tertiary/aromatic N) is 3. The Kier molecular flexibility index (Phi) is 5.08. The first kappa shape index (κ1) is 18.2. The van der Waals surface area contributed by atoms with Crippen LogP contribution in [0.1, 0.15) is 17.3 Å². The maximum absolute atomic E-state index is 12.1. The monoisotopic (exact) mass is 436 g/mol. The second-order valence-electron chi connectivity index (χ2n) is 6.05. The summed E-state index contributed by atoms with van der Waals surface area (Å²) in [6, 6.07) is 15.2. The van der Waals surface area contributed by atoms with Crippen LogP contribution in [-0.2, 0) is 4.74 Å². The van der Waals surface area contributed by atoms with Gasteiger partial charge in [-0.2, -0.15) is 0 Å². The number of hydrogen-bond acceptors (Lipinski definition) is 5. The Morgan fingerprint density at radius 3 is 2.82 bits per heavy atom. The van der Waals surface area contributed by atoms with Crippen molar-refractivity contribution in [3.63, 3.8) is 0 Å². The van der Waals surface area contributed by atoms with Crippen molar-refractivity contribution in [3.05, 3.63) is 77.2 Å². The second kappa shape index (κ2) is 7.82. The molecule has 28 heavy (non-hydrogen) atoms. The molecule has 0 unspecified atom stereocenters. The number of rotatable bonds is 5. The predicted molar refractivity (Wildman–Crippen MR) is 112 cm³/mol. The van der Waals surface area contributed by atoms with Crippen molar-refractivity contribution in [2.45, 2.75) is 6.92 Å². The molecule has 2 aromatic carbocycles. The normalized spacial score (nSPS) is 10.8. The van der Waals surface area contributed by atoms with Crippen LogP contribution >= 0.6 is 15.9 Å². The zero-order valence-electron chi connectivity index (χ0n) is 15.1. The number of hydrogen-bond donors (Lipinski definition) is 1. The molecule has 7 heteroatoms. The highest BCUT2D eigenvalue weighted by Gasteiger charge is 2.15. The van der Waals surface area contributed by atoms with Gasteiger partial charge in [0.1, 0.15) is 11.5 Å². The summed E-state index contributed by atoms with van der Waals surface area (Å²) in [7, 11) is 0. The van der Waals surface area contributed by atoms with Gasteiger partial charge in [0.15, 0.2) is 5.65 Å². The van der Waals surface area contributed by atoms with Crippen LogP contribution in [0.2, 0.25) is 0 Å². The van der Waals surface area contributed by atoms with E-state index in [1.165, 1.54) is 0 Å². The van der Waals surface area contributed by atoms with Crippen molar-refractivity contribution in [1.82, 2.24) is 14.4 Å². The summed E-state index contributed by atoms with van der Waals surface area (Å²) in [5.41, 5.74) is 3.75. The predicted octanol–water partition coefficient (Wildman–Crippen LogP) is 5.08. The largest absolute Gasteiger partial charge is 0.462 e. The van der Waals surface area contributed by atoms with Gasteiger partial charge < -0.3 is 10.1 Å². The standard InChI is InChI=1S/C21H17BrN4O2/c1-2-28-21(27)15-4-3-5-17(12-15)24-20-19(14-6-8-16(22)9-7-14)25-18-13-23-10-11-26(18)20/h3-13,24H,2H2,1H3. The van der Waals surface area contributed by atoms with Crippen LogP contribution in [0.4, 0.5) is 11.5 Å². The summed E-state index contributed by atoms with van der Waals surface area (Å²) in [5.74, 6) is 0.447. The molecule has 0 aliphatic carbocycles. The number of imidazole rings is 1. The van der Waals surface area contributed by atoms with E-state index in [-0.39, 0.29) is 5.97 Å². The number of ether oxygens (including phenoxy) is 1. The van der Waals surface area contributed by atoms with Crippen LogP contribution in [0, 0.1) is 0 Å². The third-order valence-electron chi connectivity index (χ3n) is 4.18. The van der Waals surface area contributed by atoms with E-state index in [4.69, 9.17) is 9.72 Å². The van der Waals surface area contributed by atoms with Crippen molar-refractivity contribution in [3.8, 4) is 11.3 Å². The highest BCUT2D eigenvalue weighted by molar-refractivity contribution is 9.10. The molecule has 0 bridgehead atoms. The number of carbonyl (C=O) groups is 1. The molecule has 0 aliphatic rings. The average Bonchev–Trinajstić information content (AvgIpc) is 3.07. The van der Waals surface area contributed by atoms with E-state index in [2.05, 4.69) is 26.2 Å². The summed E-state index contributed by atoms with van der Waals surface area (Å²) in [4.78, 5) is 20.9. The van der Waals surface area contributed by atoms with Gasteiger partial charge in [-0.3, -0.25) is 9.38 Å². The Balaban J connectivity index is 1.78. The van der Waals surface area contributed by atoms with Gasteiger partial charge in [-0.05, 0) is 37.3 Å². The Morgan fingerprint density at radius 2 is 2.04 bits per heavy atom. The lowest BCUT2D eigenvalue weighted by Crippen LogP contribution is -2.05. The van der Waals surface area contributed by atoms with Gasteiger partial charge in [0, 0.05) is 28.1 Å². The molecule has 2 heterocycles. The molecule has 4 aromatic rings. The molecule has 0 fully saturated rings. The van der Waals surface area contributed by atoms with Crippen LogP contribution in [0.15, 0.2) is 71.6 Å². The van der Waals surface area contributed by atoms with Crippen LogP contribution < -0.4 is 5.32 Å². The molecule has 4 rings (SSSR count). The number of anilines is 2. The molecule has 0 amide bonds. The van der Waals surface area contributed by atoms with E-state index in [0.717, 1.165) is 32.9 Å². The van der Waals surface area contributed by atoms with E-state index >= 15 is 0 Å². The van der Waals surface area contributed by atoms with Crippen LogP contribution in [0.3, 0.4) is 0 Å². The second-order valence-corrected chi connectivity index (χ2v) is 6.96. The molecular formula is C21H17BrN4O2. The molecule has 6 nitrogen and oxygen atoms in total. The van der Waals surface area contributed by atoms with Crippen LogP contribution in [0.5, 0.6) is 0 Å². The summed E-state index contributed by atoms with van der Waals surface area (Å²) in [6.45, 7) is 2.13. The highest BCUT2D eigenvalue weighted by Crippen LogP contribution is 2.31. The topological polar surface area (TPSA) is 68.5 Å². The van der Waals surface area contributed by atoms with Crippen molar-refractivity contribution < 1.29 is 9.53 Å². The van der Waals surface area contributed by atoms with Crippen LogP contribution in [-0.4, -0.2) is 26.9 Å². The van der Waals surface area contributed by atoms with Gasteiger partial charge in [0.2, 0.25) is 0 Å². The van der Waals surface area contributed by atoms with Gasteiger partial charge in [-0.25, -0.2) is 9.78 Å². The lowest BCUT2D eigenvalue weighted by atomic mass is 10.1. The van der Waals surface area contributed by atoms with Crippen LogP contribution in [0.25, 0.3) is 16.9 Å². The zero-order chi connectivity index (χ0) is 19.5. The maximum atomic E-state index is 12.1. The van der Waals surface area contributed by atoms with Crippen molar-refractivity contribution in [1.29, 1.82) is 0 Å². The fourth-order valence-corrected chi connectivity index (χ4v) is 3.17. The molecular weight excluding hydrogens is 420 g/mol. The quantitative estimate of drug-likeness (QED) is 0.441. The summed E-state index contributed by atoms with van der Waals surface area (Å²) >= 11 is 3.46. The van der Waals surface area contributed by atoms with Gasteiger partial charge in [0.25, 0.3) is 0 Å². The minimum Gasteiger partial charge on any atom is -0.462 e. The zero-order valence-corrected chi connectivity index (χ0v) is 16.7. The third kappa shape index (κ3) is 3.61. The van der Waals surface area contributed by atoms with E-state index in [1.54, 1.807) is 31.5 Å². The first-order valence-electron chi connectivity index (χ1n) is 8.78. The van der Waals surface area contributed by atoms with E-state index in [1.807, 2.05) is 47.0 Å². The summed E-state index contributed by atoms with van der Waals surface area (Å²) in [5, 5.41) is 3.40. The van der Waals surface area contributed by atoms with Gasteiger partial charge in [-0.1, -0.05) is 34.1 Å². The first-order valence-corrected chi connectivity index (χ1v) is 9.57. The van der Waals surface area contributed by atoms with E-state index in [0.29, 0.717) is 12.2 Å². The fraction of sp³-hybridized carbons (Fsp3) is 0.0952. The molecule has 1 N–H and O–H groups in total. The van der Waals surface area contributed by atoms with E-state index < -0.39 is 0 Å². The van der Waals surface area contributed by atoms with Crippen molar-refractivity contribution >= 4 is 39.1 Å². The molecule has 0 saturated carbocycles. The SMILES string of the molecule is CCOC(=O)c1cccc(Nc2c(-c3ccc(Br)cc3)nc3cnccn23)c1. The number of nitrogens with one attached hydrogen (secondary N) is 1. The lowest BCUT2D eigenvalue weighted by molar-refractivity contribution is 0.0526. The number of fused-ring (bicyclic) bond motifs is 1. The van der Waals surface area contributed by atoms with Gasteiger partial charge in [0.05, 0.1) is 18.4 Å². The smallest absolute Gasteiger partial charge is 0.338 e. The minimum atomic E-state index is -0.346. The fourth-order valence-electron chi connectivity index (χ4n) is 2.91. The summed E-state index contributed by atoms with van der Waals surface area (Å²) in [6.07, 6.45) is 5.27. The Labute approximate surface area is 170 Å². The average molecular weight is 437 g/mol. The highest BCUT2D eigenvalue weighted by atomic mass is 79.9. The van der Waals surface area contributed by atoms with E-state index in [9.17, 15) is 4.79 Å². The third-order valence-corrected chi connectivity index (χ3v) is 4.71. The summed E-state index contributed by atoms with van der Waals surface area (Å²) < 4.78 is 8.03. The Hall–Kier alpha value is -3.19. The minimum absolute atomic E-state index is 0.338. The lowest BCUT2D eigenvalue weighted by Gasteiger charge is -2.10. The van der Waals surface area contributed by atoms with Gasteiger partial charge in [-0.15, -0.1) is 0 Å². The molecule has 140 valence electrons. The molecule has 0 atom stereocenters. The first-order chi connectivity index (χ1) is 13.7. The molecule has 0 radical (unpaired) electrons. The van der Waals surface area contributed by atoms with Crippen molar-refractivity contribution in [2.24, 2.45) is 0 Å². The molecule has 0 spiro atoms. The number of halogens is 1. The Bertz CT molecular complexity index is 1140. The molecule has 0 aliphatic heterocycles. The number of carbonyl (C=O) groups excluding carboxylic acids is 1. The van der Waals surface area contributed by atoms with Crippen molar-refractivity contribution in [2.75, 3.05) is 11.9 Å². The number of esters is 1. The number of aromatic nitrogens is 3. The molecule has 0 saturated heterocycles.